The van der Waals surface area contributed by atoms with Crippen LogP contribution in [0, 0.1) is 0 Å². The van der Waals surface area contributed by atoms with E-state index in [4.69, 9.17) is 0 Å². The van der Waals surface area contributed by atoms with Gasteiger partial charge in [-0.3, -0.25) is 9.59 Å². The minimum atomic E-state index is -4.69. The predicted octanol–water partition coefficient (Wildman–Crippen LogP) is 3.78. The van der Waals surface area contributed by atoms with E-state index in [0.717, 1.165) is 22.8 Å². The van der Waals surface area contributed by atoms with Gasteiger partial charge in [0, 0.05) is 60.3 Å². The van der Waals surface area contributed by atoms with E-state index in [1.54, 1.807) is 12.1 Å². The number of rotatable bonds is 17. The maximum Gasteiger partial charge on any atom is 1.00 e. The van der Waals surface area contributed by atoms with Crippen LogP contribution in [0.3, 0.4) is 0 Å². The molecule has 0 radical (unpaired) electrons. The number of benzene rings is 2. The molecule has 0 spiro atoms. The van der Waals surface area contributed by atoms with E-state index in [1.807, 2.05) is 67.6 Å². The van der Waals surface area contributed by atoms with Crippen LogP contribution < -0.4 is 56.3 Å². The summed E-state index contributed by atoms with van der Waals surface area (Å²) in [7, 11) is -9.38. The molecule has 276 valence electrons. The zero-order valence-electron chi connectivity index (χ0n) is 30.2. The van der Waals surface area contributed by atoms with Crippen LogP contribution in [0.1, 0.15) is 90.2 Å². The molecule has 0 aliphatic carbocycles. The van der Waals surface area contributed by atoms with Crippen LogP contribution in [0.15, 0.2) is 82.3 Å². The Morgan fingerprint density at radius 2 is 1.31 bits per heavy atom. The first-order valence-corrected chi connectivity index (χ1v) is 19.6. The number of nitrogens with zero attached hydrogens (tertiary/aromatic N) is 2. The van der Waals surface area contributed by atoms with Gasteiger partial charge in [0.2, 0.25) is 5.69 Å². The molecule has 15 heteroatoms. The molecule has 2 aliphatic rings. The Labute approximate surface area is 347 Å². The van der Waals surface area contributed by atoms with Gasteiger partial charge in [0.1, 0.15) is 26.8 Å². The van der Waals surface area contributed by atoms with Crippen molar-refractivity contribution in [3.63, 3.8) is 0 Å². The third kappa shape index (κ3) is 10.5. The fraction of sp³-hybridized carbons (Fsp3) is 0.432. The molecule has 2 heterocycles. The summed E-state index contributed by atoms with van der Waals surface area (Å²) >= 11 is 0. The second-order valence-electron chi connectivity index (χ2n) is 13.8. The predicted molar refractivity (Wildman–Crippen MR) is 188 cm³/mol. The Morgan fingerprint density at radius 3 is 1.88 bits per heavy atom. The van der Waals surface area contributed by atoms with Crippen LogP contribution in [0.25, 0.3) is 0 Å². The van der Waals surface area contributed by atoms with Crippen molar-refractivity contribution in [2.45, 2.75) is 99.7 Å². The number of unbranched alkanes of at least 4 members (excludes halogenated alkanes) is 4. The molecule has 4 rings (SSSR count). The molecule has 0 amide bonds. The zero-order chi connectivity index (χ0) is 37.8. The van der Waals surface area contributed by atoms with Gasteiger partial charge in [-0.15, -0.1) is 0 Å². The standard InChI is InChI=1S/C37H44F2N2O8S2.K/c1-36(2)28-24-26(50(44,45)46)18-20-30(28)40(22-12-6-10-16-34(38)42)32(36)14-8-5-9-15-33-37(3,4)29-25-27(51(47,48)49)19-21-31(29)41(33)23-13-7-11-17-35(39)43;/h5,8-9,14-15,18-21,24-25H,6-7,10-13,16-17,22-23H2,1-4H3,(H-,44,45,46,47,48,49);/q;+1/p-1. The van der Waals surface area contributed by atoms with Gasteiger partial charge >= 0.3 is 63.5 Å². The van der Waals surface area contributed by atoms with E-state index in [-0.39, 0.29) is 74.0 Å². The maximum absolute atomic E-state index is 12.7. The number of anilines is 1. The molecule has 10 nitrogen and oxygen atoms in total. The number of hydrogen-bond donors (Lipinski definition) is 0. The van der Waals surface area contributed by atoms with Crippen LogP contribution in [-0.4, -0.2) is 61.4 Å². The first-order chi connectivity index (χ1) is 23.8. The Morgan fingerprint density at radius 1 is 0.750 bits per heavy atom. The second-order valence-corrected chi connectivity index (χ2v) is 16.6. The van der Waals surface area contributed by atoms with E-state index in [1.165, 1.54) is 24.3 Å². The summed E-state index contributed by atoms with van der Waals surface area (Å²) < 4.78 is 98.5. The Hall–Kier alpha value is -2.21. The van der Waals surface area contributed by atoms with Crippen molar-refractivity contribution in [3.8, 4) is 0 Å². The number of carbonyl (C=O) groups excluding carboxylic acids is 2. The van der Waals surface area contributed by atoms with Gasteiger partial charge in [0.25, 0.3) is 0 Å². The van der Waals surface area contributed by atoms with Gasteiger partial charge in [0.05, 0.1) is 15.2 Å². The summed E-state index contributed by atoms with van der Waals surface area (Å²) in [5, 5.41) is 0. The molecule has 2 aliphatic heterocycles. The molecule has 2 aromatic rings. The fourth-order valence-electron chi connectivity index (χ4n) is 6.88. The molecule has 2 aromatic carbocycles. The average Bonchev–Trinajstić information content (AvgIpc) is 3.37. The van der Waals surface area contributed by atoms with E-state index in [9.17, 15) is 44.3 Å². The SMILES string of the molecule is CC1(C)C(/C=C/C=C/C=C2/N(CCCCCC(=O)F)c3ccc(S(=O)(=O)[O-])cc3C2(C)C)=[N+](CCCCCC(=O)F)c2ccc(S(=O)(=O)[O-])cc21.[K+]. The van der Waals surface area contributed by atoms with Gasteiger partial charge in [0.15, 0.2) is 5.71 Å². The first kappa shape index (κ1) is 44.2. The summed E-state index contributed by atoms with van der Waals surface area (Å²) in [6, 6.07) is 5.89. The Balaban J connectivity index is 0.00000729. The van der Waals surface area contributed by atoms with Gasteiger partial charge in [-0.1, -0.05) is 38.5 Å². The summed E-state index contributed by atoms with van der Waals surface area (Å²) in [4.78, 5) is 22.9. The van der Waals surface area contributed by atoms with Crippen molar-refractivity contribution in [2.75, 3.05) is 18.0 Å². The quantitative estimate of drug-likeness (QED) is 0.0583. The third-order valence-electron chi connectivity index (χ3n) is 9.54. The van der Waals surface area contributed by atoms with E-state index < -0.39 is 43.1 Å². The van der Waals surface area contributed by atoms with Crippen molar-refractivity contribution in [3.05, 3.63) is 83.6 Å². The molecule has 0 unspecified atom stereocenters. The molecular formula is C37H43F2KN2O8S2. The summed E-state index contributed by atoms with van der Waals surface area (Å²) in [6.45, 7) is 8.73. The second kappa shape index (κ2) is 17.9. The average molecular weight is 785 g/mol. The number of hydrogen-bond acceptors (Lipinski definition) is 9. The number of fused-ring (bicyclic) bond motifs is 2. The van der Waals surface area contributed by atoms with E-state index in [2.05, 4.69) is 0 Å². The van der Waals surface area contributed by atoms with Crippen LogP contribution in [-0.2, 0) is 40.7 Å². The van der Waals surface area contributed by atoms with Crippen LogP contribution in [0.2, 0.25) is 0 Å². The van der Waals surface area contributed by atoms with Crippen LogP contribution in [0.4, 0.5) is 20.2 Å². The Kier molecular flexibility index (Phi) is 15.3. The van der Waals surface area contributed by atoms with Gasteiger partial charge in [-0.05, 0) is 81.5 Å². The molecule has 0 atom stereocenters. The molecular weight excluding hydrogens is 742 g/mol. The molecule has 0 aromatic heterocycles. The first-order valence-electron chi connectivity index (χ1n) is 16.8. The Bertz CT molecular complexity index is 2040. The summed E-state index contributed by atoms with van der Waals surface area (Å²) in [5.41, 5.74) is 3.13. The molecule has 0 saturated heterocycles. The normalized spacial score (nSPS) is 17.2. The fourth-order valence-corrected chi connectivity index (χ4v) is 7.87. The minimum absolute atomic E-state index is 0. The number of allylic oxidation sites excluding steroid dienone is 6. The van der Waals surface area contributed by atoms with Crippen molar-refractivity contribution < 1.29 is 100 Å². The minimum Gasteiger partial charge on any atom is -0.744 e. The monoisotopic (exact) mass is 784 g/mol. The van der Waals surface area contributed by atoms with Crippen molar-refractivity contribution >= 4 is 49.4 Å². The van der Waals surface area contributed by atoms with Crippen molar-refractivity contribution in [2.24, 2.45) is 0 Å². The van der Waals surface area contributed by atoms with Gasteiger partial charge in [-0.25, -0.2) is 16.8 Å². The molecule has 0 N–H and O–H groups in total. The zero-order valence-corrected chi connectivity index (χ0v) is 34.9. The van der Waals surface area contributed by atoms with E-state index in [0.29, 0.717) is 62.7 Å². The topological polar surface area (TPSA) is 155 Å². The number of carbonyl (C=O) groups is 2. The third-order valence-corrected chi connectivity index (χ3v) is 11.2. The van der Waals surface area contributed by atoms with Crippen molar-refractivity contribution in [1.82, 2.24) is 0 Å². The molecule has 0 saturated carbocycles. The molecule has 52 heavy (non-hydrogen) atoms. The number of halogens is 2. The maximum atomic E-state index is 12.7. The molecule has 0 fully saturated rings. The van der Waals surface area contributed by atoms with E-state index >= 15 is 0 Å². The largest absolute Gasteiger partial charge is 1.00 e. The molecule has 0 bridgehead atoms. The van der Waals surface area contributed by atoms with Crippen LogP contribution in [0.5, 0.6) is 0 Å². The van der Waals surface area contributed by atoms with Gasteiger partial charge < -0.3 is 14.0 Å². The smallest absolute Gasteiger partial charge is 0.744 e. The summed E-state index contributed by atoms with van der Waals surface area (Å²) in [5.74, 6) is 0. The van der Waals surface area contributed by atoms with Crippen LogP contribution >= 0.6 is 0 Å². The van der Waals surface area contributed by atoms with Crippen molar-refractivity contribution in [1.29, 1.82) is 0 Å². The van der Waals surface area contributed by atoms with Gasteiger partial charge in [-0.2, -0.15) is 13.4 Å². The summed E-state index contributed by atoms with van der Waals surface area (Å²) in [6.07, 6.45) is 12.2.